The van der Waals surface area contributed by atoms with Crippen LogP contribution in [0.5, 0.6) is 0 Å². The topological polar surface area (TPSA) is 82.5 Å². The first-order valence-electron chi connectivity index (χ1n) is 7.12. The third-order valence-corrected chi connectivity index (χ3v) is 4.21. The lowest BCUT2D eigenvalue weighted by Gasteiger charge is -2.35. The average Bonchev–Trinajstić information content (AvgIpc) is 2.46. The predicted octanol–water partition coefficient (Wildman–Crippen LogP) is 2.44. The Balaban J connectivity index is 2.03. The molecule has 0 unspecified atom stereocenters. The average molecular weight is 278 g/mol. The quantitative estimate of drug-likeness (QED) is 0.770. The standard InChI is InChI=1S/C15H22N2O3/c1-11-12(14(19)20)5-6-13(17-11)16-9-15(10-18)7-3-2-4-8-15/h5-6,18H,2-4,7-10H2,1H3,(H,16,17)(H,19,20). The van der Waals surface area contributed by atoms with Crippen LogP contribution in [-0.2, 0) is 0 Å². The lowest BCUT2D eigenvalue weighted by molar-refractivity contribution is 0.0695. The number of aliphatic hydroxyl groups is 1. The predicted molar refractivity (Wildman–Crippen MR) is 77.0 cm³/mol. The first kappa shape index (κ1) is 14.8. The van der Waals surface area contributed by atoms with Crippen molar-refractivity contribution in [3.05, 3.63) is 23.4 Å². The van der Waals surface area contributed by atoms with Crippen LogP contribution in [0.1, 0.15) is 48.2 Å². The minimum absolute atomic E-state index is 0.0562. The van der Waals surface area contributed by atoms with E-state index in [1.54, 1.807) is 19.1 Å². The zero-order valence-electron chi connectivity index (χ0n) is 11.9. The van der Waals surface area contributed by atoms with Gasteiger partial charge in [-0.25, -0.2) is 9.78 Å². The Hall–Kier alpha value is -1.62. The monoisotopic (exact) mass is 278 g/mol. The number of pyridine rings is 1. The lowest BCUT2D eigenvalue weighted by atomic mass is 9.74. The molecular formula is C15H22N2O3. The largest absolute Gasteiger partial charge is 0.478 e. The molecule has 1 aliphatic carbocycles. The third kappa shape index (κ3) is 3.28. The molecule has 20 heavy (non-hydrogen) atoms. The van der Waals surface area contributed by atoms with Crippen LogP contribution in [0.15, 0.2) is 12.1 Å². The summed E-state index contributed by atoms with van der Waals surface area (Å²) in [6, 6.07) is 3.25. The molecule has 0 radical (unpaired) electrons. The van der Waals surface area contributed by atoms with E-state index in [-0.39, 0.29) is 17.6 Å². The first-order valence-corrected chi connectivity index (χ1v) is 7.12. The van der Waals surface area contributed by atoms with Gasteiger partial charge in [0.2, 0.25) is 0 Å². The SMILES string of the molecule is Cc1nc(NCC2(CO)CCCCC2)ccc1C(=O)O. The number of nitrogens with zero attached hydrogens (tertiary/aromatic N) is 1. The molecule has 0 atom stereocenters. The fourth-order valence-electron chi connectivity index (χ4n) is 2.86. The Morgan fingerprint density at radius 2 is 2.05 bits per heavy atom. The van der Waals surface area contributed by atoms with E-state index in [9.17, 15) is 9.90 Å². The van der Waals surface area contributed by atoms with E-state index in [1.165, 1.54) is 6.42 Å². The van der Waals surface area contributed by atoms with Gasteiger partial charge in [0.05, 0.1) is 17.9 Å². The summed E-state index contributed by atoms with van der Waals surface area (Å²) >= 11 is 0. The third-order valence-electron chi connectivity index (χ3n) is 4.21. The molecule has 1 aromatic rings. The zero-order valence-corrected chi connectivity index (χ0v) is 11.9. The van der Waals surface area contributed by atoms with Crippen molar-refractivity contribution in [2.45, 2.75) is 39.0 Å². The van der Waals surface area contributed by atoms with Gasteiger partial charge >= 0.3 is 5.97 Å². The Morgan fingerprint density at radius 1 is 1.35 bits per heavy atom. The summed E-state index contributed by atoms with van der Waals surface area (Å²) in [5.41, 5.74) is 0.675. The second kappa shape index (κ2) is 6.22. The Labute approximate surface area is 119 Å². The van der Waals surface area contributed by atoms with Gasteiger partial charge in [-0.15, -0.1) is 0 Å². The fourth-order valence-corrected chi connectivity index (χ4v) is 2.86. The maximum atomic E-state index is 10.9. The number of rotatable bonds is 5. The van der Waals surface area contributed by atoms with Crippen LogP contribution in [-0.4, -0.2) is 34.3 Å². The summed E-state index contributed by atoms with van der Waals surface area (Å²) in [5, 5.41) is 21.9. The summed E-state index contributed by atoms with van der Waals surface area (Å²) in [4.78, 5) is 15.2. The molecule has 110 valence electrons. The number of aryl methyl sites for hydroxylation is 1. The minimum Gasteiger partial charge on any atom is -0.478 e. The van der Waals surface area contributed by atoms with Crippen LogP contribution in [0.3, 0.4) is 0 Å². The van der Waals surface area contributed by atoms with Crippen LogP contribution in [0.2, 0.25) is 0 Å². The van der Waals surface area contributed by atoms with Crippen molar-refractivity contribution in [2.24, 2.45) is 5.41 Å². The number of anilines is 1. The number of hydrogen-bond donors (Lipinski definition) is 3. The van der Waals surface area contributed by atoms with Crippen LogP contribution in [0, 0.1) is 12.3 Å². The van der Waals surface area contributed by atoms with Crippen LogP contribution < -0.4 is 5.32 Å². The maximum Gasteiger partial charge on any atom is 0.337 e. The number of hydrogen-bond acceptors (Lipinski definition) is 4. The summed E-state index contributed by atoms with van der Waals surface area (Å²) < 4.78 is 0. The molecule has 0 bridgehead atoms. The summed E-state index contributed by atoms with van der Waals surface area (Å²) in [7, 11) is 0. The Kier molecular flexibility index (Phi) is 4.60. The minimum atomic E-state index is -0.958. The van der Waals surface area contributed by atoms with Gasteiger partial charge in [-0.2, -0.15) is 0 Å². The highest BCUT2D eigenvalue weighted by Gasteiger charge is 2.31. The van der Waals surface area contributed by atoms with Crippen LogP contribution in [0.4, 0.5) is 5.82 Å². The van der Waals surface area contributed by atoms with Crippen molar-refractivity contribution < 1.29 is 15.0 Å². The van der Waals surface area contributed by atoms with E-state index < -0.39 is 5.97 Å². The van der Waals surface area contributed by atoms with E-state index in [0.717, 1.165) is 25.7 Å². The van der Waals surface area contributed by atoms with Crippen molar-refractivity contribution in [2.75, 3.05) is 18.5 Å². The number of aromatic carboxylic acids is 1. The van der Waals surface area contributed by atoms with Crippen molar-refractivity contribution in [1.82, 2.24) is 4.98 Å². The van der Waals surface area contributed by atoms with Gasteiger partial charge in [0.15, 0.2) is 0 Å². The molecule has 2 rings (SSSR count). The molecule has 5 heteroatoms. The van der Waals surface area contributed by atoms with Crippen molar-refractivity contribution in [3.63, 3.8) is 0 Å². The normalized spacial score (nSPS) is 17.7. The molecule has 1 saturated carbocycles. The van der Waals surface area contributed by atoms with Crippen molar-refractivity contribution >= 4 is 11.8 Å². The van der Waals surface area contributed by atoms with Gasteiger partial charge < -0.3 is 15.5 Å². The molecule has 0 aliphatic heterocycles. The van der Waals surface area contributed by atoms with Gasteiger partial charge in [0.1, 0.15) is 5.82 Å². The van der Waals surface area contributed by atoms with E-state index in [0.29, 0.717) is 18.1 Å². The number of carbonyl (C=O) groups is 1. The summed E-state index contributed by atoms with van der Waals surface area (Å²) in [6.07, 6.45) is 5.62. The molecular weight excluding hydrogens is 256 g/mol. The fraction of sp³-hybridized carbons (Fsp3) is 0.600. The molecule has 0 spiro atoms. The van der Waals surface area contributed by atoms with Gasteiger partial charge in [-0.05, 0) is 31.9 Å². The van der Waals surface area contributed by atoms with Crippen LogP contribution in [0.25, 0.3) is 0 Å². The number of carboxylic acids is 1. The highest BCUT2D eigenvalue weighted by Crippen LogP contribution is 2.35. The van der Waals surface area contributed by atoms with E-state index in [2.05, 4.69) is 10.3 Å². The molecule has 1 aliphatic rings. The molecule has 1 heterocycles. The first-order chi connectivity index (χ1) is 9.56. The molecule has 0 aromatic carbocycles. The maximum absolute atomic E-state index is 10.9. The molecule has 0 saturated heterocycles. The van der Waals surface area contributed by atoms with E-state index in [1.807, 2.05) is 0 Å². The molecule has 1 fully saturated rings. The number of nitrogens with one attached hydrogen (secondary N) is 1. The molecule has 0 amide bonds. The highest BCUT2D eigenvalue weighted by atomic mass is 16.4. The second-order valence-corrected chi connectivity index (χ2v) is 5.71. The summed E-state index contributed by atoms with van der Waals surface area (Å²) in [6.45, 7) is 2.56. The van der Waals surface area contributed by atoms with Crippen LogP contribution >= 0.6 is 0 Å². The van der Waals surface area contributed by atoms with Gasteiger partial charge in [-0.3, -0.25) is 0 Å². The number of carboxylic acid groups (broad SMARTS) is 1. The molecule has 5 nitrogen and oxygen atoms in total. The Bertz CT molecular complexity index is 482. The summed E-state index contributed by atoms with van der Waals surface area (Å²) in [5.74, 6) is -0.286. The number of aliphatic hydroxyl groups excluding tert-OH is 1. The number of aromatic nitrogens is 1. The van der Waals surface area contributed by atoms with Crippen molar-refractivity contribution in [1.29, 1.82) is 0 Å². The van der Waals surface area contributed by atoms with Crippen molar-refractivity contribution in [3.8, 4) is 0 Å². The lowest BCUT2D eigenvalue weighted by Crippen LogP contribution is -2.35. The molecule has 1 aromatic heterocycles. The molecule has 3 N–H and O–H groups in total. The Morgan fingerprint density at radius 3 is 2.60 bits per heavy atom. The zero-order chi connectivity index (χ0) is 14.6. The smallest absolute Gasteiger partial charge is 0.337 e. The highest BCUT2D eigenvalue weighted by molar-refractivity contribution is 5.89. The van der Waals surface area contributed by atoms with E-state index >= 15 is 0 Å². The van der Waals surface area contributed by atoms with Gasteiger partial charge in [0.25, 0.3) is 0 Å². The van der Waals surface area contributed by atoms with Gasteiger partial charge in [0, 0.05) is 12.0 Å². The van der Waals surface area contributed by atoms with Gasteiger partial charge in [-0.1, -0.05) is 19.3 Å². The van der Waals surface area contributed by atoms with E-state index in [4.69, 9.17) is 5.11 Å². The second-order valence-electron chi connectivity index (χ2n) is 5.71.